The molecule has 3 nitrogen and oxygen atoms in total. The average molecular weight is 332 g/mol. The Morgan fingerprint density at radius 1 is 1.17 bits per heavy atom. The molecule has 0 bridgehead atoms. The summed E-state index contributed by atoms with van der Waals surface area (Å²) in [7, 11) is 0. The van der Waals surface area contributed by atoms with E-state index in [9.17, 15) is 9.90 Å². The van der Waals surface area contributed by atoms with Crippen LogP contribution in [0, 0.1) is 23.7 Å². The zero-order valence-corrected chi connectivity index (χ0v) is 14.9. The molecule has 0 unspecified atom stereocenters. The highest BCUT2D eigenvalue weighted by molar-refractivity contribution is 5.66. The molecule has 0 radical (unpaired) electrons. The van der Waals surface area contributed by atoms with Crippen molar-refractivity contribution in [2.75, 3.05) is 0 Å². The number of unbranched alkanes of at least 4 members (excludes halogenated alkanes) is 3. The van der Waals surface area contributed by atoms with Crippen LogP contribution in [0.25, 0.3) is 0 Å². The Balaban J connectivity index is 2.03. The monoisotopic (exact) mass is 332 g/mol. The molecule has 1 saturated carbocycles. The minimum Gasteiger partial charge on any atom is -0.481 e. The number of rotatable bonds is 12. The van der Waals surface area contributed by atoms with E-state index in [0.717, 1.165) is 56.8 Å². The van der Waals surface area contributed by atoms with Crippen LogP contribution in [-0.2, 0) is 4.79 Å². The van der Waals surface area contributed by atoms with Crippen LogP contribution in [0.3, 0.4) is 0 Å². The van der Waals surface area contributed by atoms with Crippen molar-refractivity contribution in [1.29, 1.82) is 0 Å². The smallest absolute Gasteiger partial charge is 0.303 e. The van der Waals surface area contributed by atoms with Gasteiger partial charge in [0, 0.05) is 6.42 Å². The highest BCUT2D eigenvalue weighted by atomic mass is 16.4. The van der Waals surface area contributed by atoms with Crippen LogP contribution in [-0.4, -0.2) is 22.3 Å². The number of carboxylic acids is 1. The molecule has 0 aliphatic heterocycles. The van der Waals surface area contributed by atoms with Gasteiger partial charge in [-0.25, -0.2) is 0 Å². The number of carbonyl (C=O) groups is 1. The zero-order valence-electron chi connectivity index (χ0n) is 14.9. The second-order valence-corrected chi connectivity index (χ2v) is 6.69. The van der Waals surface area contributed by atoms with Crippen LogP contribution in [0.4, 0.5) is 0 Å². The molecule has 0 aromatic heterocycles. The highest BCUT2D eigenvalue weighted by Gasteiger charge is 2.34. The topological polar surface area (TPSA) is 57.5 Å². The molecule has 24 heavy (non-hydrogen) atoms. The van der Waals surface area contributed by atoms with Crippen molar-refractivity contribution in [2.24, 2.45) is 11.8 Å². The maximum absolute atomic E-state index is 10.4. The summed E-state index contributed by atoms with van der Waals surface area (Å²) in [4.78, 5) is 10.4. The fraction of sp³-hybridized carbons (Fsp3) is 0.667. The summed E-state index contributed by atoms with van der Waals surface area (Å²) >= 11 is 0. The molecule has 3 atom stereocenters. The van der Waals surface area contributed by atoms with E-state index in [1.807, 2.05) is 6.08 Å². The quantitative estimate of drug-likeness (QED) is 0.309. The van der Waals surface area contributed by atoms with E-state index >= 15 is 0 Å². The third-order valence-electron chi connectivity index (χ3n) is 4.41. The molecule has 0 spiro atoms. The largest absolute Gasteiger partial charge is 0.481 e. The normalized spacial score (nSPS) is 20.9. The van der Waals surface area contributed by atoms with Gasteiger partial charge in [0.25, 0.3) is 0 Å². The first kappa shape index (κ1) is 20.5. The number of aliphatic carboxylic acids is 1. The molecule has 2 N–H and O–H groups in total. The molecule has 0 heterocycles. The van der Waals surface area contributed by atoms with Crippen molar-refractivity contribution >= 4 is 5.97 Å². The Hall–Kier alpha value is -1.53. The van der Waals surface area contributed by atoms with Crippen molar-refractivity contribution < 1.29 is 15.0 Å². The predicted molar refractivity (Wildman–Crippen MR) is 98.5 cm³/mol. The molecule has 134 valence electrons. The fourth-order valence-corrected chi connectivity index (χ4v) is 2.75. The van der Waals surface area contributed by atoms with Crippen molar-refractivity contribution in [3.05, 3.63) is 24.3 Å². The van der Waals surface area contributed by atoms with Gasteiger partial charge in [-0.15, -0.1) is 0 Å². The number of allylic oxidation sites excluding steroid dienone is 4. The Morgan fingerprint density at radius 3 is 2.62 bits per heavy atom. The number of aliphatic hydroxyl groups is 1. The molecule has 1 rings (SSSR count). The minimum atomic E-state index is -0.714. The van der Waals surface area contributed by atoms with Crippen LogP contribution in [0.5, 0.6) is 0 Å². The van der Waals surface area contributed by atoms with E-state index < -0.39 is 12.1 Å². The minimum absolute atomic E-state index is 0.259. The second-order valence-electron chi connectivity index (χ2n) is 6.69. The summed E-state index contributed by atoms with van der Waals surface area (Å²) in [6.07, 6.45) is 17.3. The highest BCUT2D eigenvalue weighted by Crippen LogP contribution is 2.44. The number of hydrogen-bond acceptors (Lipinski definition) is 2. The Morgan fingerprint density at radius 2 is 1.92 bits per heavy atom. The summed E-state index contributed by atoms with van der Waals surface area (Å²) in [5.74, 6) is 6.64. The zero-order chi connectivity index (χ0) is 17.6. The van der Waals surface area contributed by atoms with E-state index in [0.29, 0.717) is 0 Å². The molecule has 1 fully saturated rings. The van der Waals surface area contributed by atoms with Gasteiger partial charge < -0.3 is 10.2 Å². The van der Waals surface area contributed by atoms with E-state index in [-0.39, 0.29) is 6.42 Å². The predicted octanol–water partition coefficient (Wildman–Crippen LogP) is 4.71. The third kappa shape index (κ3) is 11.1. The lowest BCUT2D eigenvalue weighted by atomic mass is 10.1. The van der Waals surface area contributed by atoms with Gasteiger partial charge in [0.1, 0.15) is 6.10 Å². The van der Waals surface area contributed by atoms with Crippen LogP contribution in [0.15, 0.2) is 24.3 Å². The molecule has 0 aromatic rings. The lowest BCUT2D eigenvalue weighted by molar-refractivity contribution is -0.137. The fourth-order valence-electron chi connectivity index (χ4n) is 2.75. The first-order chi connectivity index (χ1) is 11.6. The molecule has 1 aliphatic carbocycles. The third-order valence-corrected chi connectivity index (χ3v) is 4.41. The van der Waals surface area contributed by atoms with Crippen LogP contribution in [0.1, 0.15) is 71.1 Å². The van der Waals surface area contributed by atoms with E-state index in [1.54, 1.807) is 0 Å². The van der Waals surface area contributed by atoms with Crippen molar-refractivity contribution in [3.63, 3.8) is 0 Å². The van der Waals surface area contributed by atoms with Gasteiger partial charge in [0.05, 0.1) is 0 Å². The lowest BCUT2D eigenvalue weighted by Gasteiger charge is -2.00. The standard InChI is InChI=1S/C21H32O3/c1-2-3-7-14-20(22)15-10-6-9-13-19-17-18(19)12-8-4-5-11-16-21(23)24/h4,6,8-9,18-20,22H,2-3,5,7,11-14,16-17H2,1H3,(H,23,24)/b8-4-,9-6-/t18-,19-,20-/m1/s1. The van der Waals surface area contributed by atoms with Gasteiger partial charge in [0.2, 0.25) is 0 Å². The summed E-state index contributed by atoms with van der Waals surface area (Å²) in [6, 6.07) is 0. The van der Waals surface area contributed by atoms with Crippen molar-refractivity contribution in [2.45, 2.75) is 77.2 Å². The maximum Gasteiger partial charge on any atom is 0.303 e. The van der Waals surface area contributed by atoms with Gasteiger partial charge in [-0.1, -0.05) is 49.8 Å². The summed E-state index contributed by atoms with van der Waals surface area (Å²) in [5, 5.41) is 18.2. The molecule has 1 aliphatic rings. The second kappa shape index (κ2) is 12.8. The van der Waals surface area contributed by atoms with Gasteiger partial charge >= 0.3 is 5.97 Å². The van der Waals surface area contributed by atoms with Gasteiger partial charge in [-0.05, 0) is 62.9 Å². The summed E-state index contributed by atoms with van der Waals surface area (Å²) in [5.41, 5.74) is 0. The van der Waals surface area contributed by atoms with Crippen molar-refractivity contribution in [1.82, 2.24) is 0 Å². The van der Waals surface area contributed by atoms with Gasteiger partial charge in [-0.2, -0.15) is 0 Å². The Kier molecular flexibility index (Phi) is 11.0. The van der Waals surface area contributed by atoms with Crippen LogP contribution >= 0.6 is 0 Å². The number of hydrogen-bond donors (Lipinski definition) is 2. The molecular formula is C21H32O3. The van der Waals surface area contributed by atoms with E-state index in [2.05, 4.69) is 37.0 Å². The molecule has 0 saturated heterocycles. The van der Waals surface area contributed by atoms with Crippen LogP contribution in [0.2, 0.25) is 0 Å². The lowest BCUT2D eigenvalue weighted by Crippen LogP contribution is -2.01. The Bertz CT molecular complexity index is 467. The average Bonchev–Trinajstić information content (AvgIpc) is 3.29. The van der Waals surface area contributed by atoms with Crippen molar-refractivity contribution in [3.8, 4) is 11.8 Å². The maximum atomic E-state index is 10.4. The number of aliphatic hydroxyl groups excluding tert-OH is 1. The SMILES string of the molecule is CCCCC[C@@H](O)C#C/C=C\C[C@@H]1C[C@H]1C/C=C\CCCC(=O)O. The summed E-state index contributed by atoms with van der Waals surface area (Å²) < 4.78 is 0. The van der Waals surface area contributed by atoms with Gasteiger partial charge in [-0.3, -0.25) is 4.79 Å². The first-order valence-electron chi connectivity index (χ1n) is 9.34. The first-order valence-corrected chi connectivity index (χ1v) is 9.34. The van der Waals surface area contributed by atoms with E-state index in [4.69, 9.17) is 5.11 Å². The molecular weight excluding hydrogens is 300 g/mol. The number of carboxylic acid groups (broad SMARTS) is 1. The van der Waals surface area contributed by atoms with Crippen LogP contribution < -0.4 is 0 Å². The molecule has 0 amide bonds. The summed E-state index contributed by atoms with van der Waals surface area (Å²) in [6.45, 7) is 2.15. The van der Waals surface area contributed by atoms with E-state index in [1.165, 1.54) is 12.8 Å². The Labute approximate surface area is 146 Å². The van der Waals surface area contributed by atoms with Gasteiger partial charge in [0.15, 0.2) is 0 Å². The molecule has 0 aromatic carbocycles. The molecule has 3 heteroatoms.